The third-order valence-corrected chi connectivity index (χ3v) is 5.44. The van der Waals surface area contributed by atoms with Crippen LogP contribution in [0.2, 0.25) is 0 Å². The second-order valence-corrected chi connectivity index (χ2v) is 9.80. The van der Waals surface area contributed by atoms with Crippen molar-refractivity contribution in [1.29, 1.82) is 0 Å². The van der Waals surface area contributed by atoms with E-state index in [0.717, 1.165) is 16.5 Å². The van der Waals surface area contributed by atoms with Gasteiger partial charge in [0.05, 0.1) is 11.6 Å². The molecule has 8 heteroatoms. The topological polar surface area (TPSA) is 117 Å². The Kier molecular flexibility index (Phi) is 9.85. The van der Waals surface area contributed by atoms with E-state index in [9.17, 15) is 14.4 Å². The molecule has 2 aromatic rings. The Hall–Kier alpha value is -1.98. The van der Waals surface area contributed by atoms with Crippen LogP contribution in [0.3, 0.4) is 0 Å². The molecule has 0 spiro atoms. The molecule has 2 rings (SSSR count). The van der Waals surface area contributed by atoms with Crippen LogP contribution in [-0.4, -0.2) is 40.2 Å². The Labute approximate surface area is 204 Å². The predicted octanol–water partition coefficient (Wildman–Crippen LogP) is 2.83. The second kappa shape index (κ2) is 11.2. The maximum absolute atomic E-state index is 13.4. The van der Waals surface area contributed by atoms with Crippen LogP contribution in [0, 0.1) is 5.41 Å². The van der Waals surface area contributed by atoms with Gasteiger partial charge in [-0.2, -0.15) is 0 Å². The molecule has 32 heavy (non-hydrogen) atoms. The number of fused-ring (bicyclic) bond motifs is 1. The number of amides is 2. The number of aromatic amines is 1. The van der Waals surface area contributed by atoms with E-state index < -0.39 is 22.9 Å². The first-order valence-electron chi connectivity index (χ1n) is 10.8. The minimum absolute atomic E-state index is 0. The van der Waals surface area contributed by atoms with E-state index in [1.54, 1.807) is 6.92 Å². The fraction of sp³-hybridized carbons (Fsp3) is 0.542. The third kappa shape index (κ3) is 7.28. The molecule has 1 aromatic carbocycles. The summed E-state index contributed by atoms with van der Waals surface area (Å²) >= 11 is 0. The Bertz CT molecular complexity index is 948. The van der Waals surface area contributed by atoms with E-state index >= 15 is 0 Å². The molecule has 1 unspecified atom stereocenters. The average Bonchev–Trinajstić information content (AvgIpc) is 3.07. The summed E-state index contributed by atoms with van der Waals surface area (Å²) in [4.78, 5) is 41.2. The molecule has 0 saturated heterocycles. The largest absolute Gasteiger partial charge is 0.370 e. The van der Waals surface area contributed by atoms with E-state index in [4.69, 9.17) is 5.73 Å². The Morgan fingerprint density at radius 1 is 1.09 bits per heavy atom. The molecule has 0 aliphatic heterocycles. The zero-order chi connectivity index (χ0) is 23.4. The van der Waals surface area contributed by atoms with Gasteiger partial charge in [-0.05, 0) is 38.8 Å². The van der Waals surface area contributed by atoms with Gasteiger partial charge in [0, 0.05) is 62.5 Å². The molecule has 5 N–H and O–H groups in total. The molecule has 2 amide bonds. The van der Waals surface area contributed by atoms with Gasteiger partial charge in [0.2, 0.25) is 11.8 Å². The van der Waals surface area contributed by atoms with Gasteiger partial charge in [-0.3, -0.25) is 14.4 Å². The maximum atomic E-state index is 13.4. The fourth-order valence-corrected chi connectivity index (χ4v) is 3.83. The van der Waals surface area contributed by atoms with Gasteiger partial charge in [-0.25, -0.2) is 0 Å². The minimum atomic E-state index is -1.03. The summed E-state index contributed by atoms with van der Waals surface area (Å²) in [5.74, 6) is -0.830. The fourth-order valence-electron chi connectivity index (χ4n) is 3.83. The molecule has 0 aliphatic rings. The number of nitrogens with one attached hydrogen (secondary N) is 3. The number of carbonyl (C=O) groups is 3. The zero-order valence-electron chi connectivity index (χ0n) is 19.9. The first-order valence-corrected chi connectivity index (χ1v) is 10.8. The van der Waals surface area contributed by atoms with Crippen LogP contribution < -0.4 is 16.4 Å². The summed E-state index contributed by atoms with van der Waals surface area (Å²) in [6.45, 7) is 11.2. The monoisotopic (exact) mass is 612 g/mol. The number of primary amides is 1. The van der Waals surface area contributed by atoms with Crippen molar-refractivity contribution in [1.82, 2.24) is 15.6 Å². The summed E-state index contributed by atoms with van der Waals surface area (Å²) < 4.78 is 0. The molecule has 0 saturated carbocycles. The number of hydrogen-bond acceptors (Lipinski definition) is 4. The SMILES string of the molecule is CC(C)N[C@@](C)(CCC(N)=O)C(=O)NC(Cc1c[nH]c2ccccc12)C(=O)C(C)(C)C.[W]. The predicted molar refractivity (Wildman–Crippen MR) is 124 cm³/mol. The summed E-state index contributed by atoms with van der Waals surface area (Å²) in [6.07, 6.45) is 2.58. The van der Waals surface area contributed by atoms with Gasteiger partial charge < -0.3 is 21.4 Å². The number of para-hydroxylation sites is 1. The van der Waals surface area contributed by atoms with Gasteiger partial charge in [-0.15, -0.1) is 0 Å². The maximum Gasteiger partial charge on any atom is 0.240 e. The number of rotatable bonds is 10. The summed E-state index contributed by atoms with van der Waals surface area (Å²) in [6, 6.07) is 7.18. The standard InChI is InChI=1S/C24H36N4O3.W/c1-15(2)28-24(6,12-11-20(25)29)22(31)27-19(21(30)23(3,4)5)13-16-14-26-18-10-8-7-9-17(16)18;/h7-10,14-15,19,26,28H,11-13H2,1-6H3,(H2,25,29)(H,27,31);/t19?,24-;/m0./s1. The number of carbonyl (C=O) groups excluding carboxylic acids is 3. The number of Topliss-reactive ketones (excluding diaryl/α,β-unsaturated/α-hetero) is 1. The van der Waals surface area contributed by atoms with E-state index in [0.29, 0.717) is 6.42 Å². The van der Waals surface area contributed by atoms with Crippen LogP contribution in [0.4, 0.5) is 0 Å². The van der Waals surface area contributed by atoms with Gasteiger partial charge in [0.25, 0.3) is 0 Å². The van der Waals surface area contributed by atoms with Crippen molar-refractivity contribution in [3.63, 3.8) is 0 Å². The Morgan fingerprint density at radius 3 is 2.28 bits per heavy atom. The van der Waals surface area contributed by atoms with Crippen LogP contribution in [-0.2, 0) is 41.9 Å². The van der Waals surface area contributed by atoms with Crippen LogP contribution in [0.15, 0.2) is 30.5 Å². The first-order chi connectivity index (χ1) is 14.3. The zero-order valence-corrected chi connectivity index (χ0v) is 22.8. The Balaban J connectivity index is 0.00000512. The number of H-pyrrole nitrogens is 1. The number of ketones is 1. The van der Waals surface area contributed by atoms with Gasteiger partial charge >= 0.3 is 0 Å². The van der Waals surface area contributed by atoms with E-state index in [-0.39, 0.29) is 51.6 Å². The summed E-state index contributed by atoms with van der Waals surface area (Å²) in [5.41, 5.74) is 5.62. The molecule has 0 bridgehead atoms. The number of aromatic nitrogens is 1. The quantitative estimate of drug-likeness (QED) is 0.330. The van der Waals surface area contributed by atoms with Crippen LogP contribution in [0.5, 0.6) is 0 Å². The molecule has 176 valence electrons. The second-order valence-electron chi connectivity index (χ2n) is 9.80. The average molecular weight is 612 g/mol. The van der Waals surface area contributed by atoms with Gasteiger partial charge in [-0.1, -0.05) is 39.0 Å². The van der Waals surface area contributed by atoms with Crippen molar-refractivity contribution in [2.24, 2.45) is 11.1 Å². The van der Waals surface area contributed by atoms with Gasteiger partial charge in [0.1, 0.15) is 0 Å². The molecule has 0 aliphatic carbocycles. The van der Waals surface area contributed by atoms with Gasteiger partial charge in [0.15, 0.2) is 5.78 Å². The Morgan fingerprint density at radius 2 is 1.72 bits per heavy atom. The molecular formula is C24H36N4O3W. The van der Waals surface area contributed by atoms with Crippen LogP contribution in [0.25, 0.3) is 10.9 Å². The third-order valence-electron chi connectivity index (χ3n) is 5.44. The molecule has 1 aromatic heterocycles. The van der Waals surface area contributed by atoms with E-state index in [1.807, 2.05) is 65.1 Å². The summed E-state index contributed by atoms with van der Waals surface area (Å²) in [5, 5.41) is 7.25. The van der Waals surface area contributed by atoms with Crippen LogP contribution >= 0.6 is 0 Å². The number of benzene rings is 1. The molecule has 7 nitrogen and oxygen atoms in total. The number of nitrogens with two attached hydrogens (primary N) is 1. The van der Waals surface area contributed by atoms with Crippen molar-refractivity contribution >= 4 is 28.5 Å². The molecule has 0 fully saturated rings. The van der Waals surface area contributed by atoms with Crippen molar-refractivity contribution in [3.05, 3.63) is 36.0 Å². The van der Waals surface area contributed by atoms with Crippen LogP contribution in [0.1, 0.15) is 59.9 Å². The molecule has 2 atom stereocenters. The van der Waals surface area contributed by atoms with E-state index in [1.165, 1.54) is 0 Å². The molecule has 0 radical (unpaired) electrons. The van der Waals surface area contributed by atoms with Crippen molar-refractivity contribution in [2.75, 3.05) is 0 Å². The normalized spacial score (nSPS) is 14.5. The summed E-state index contributed by atoms with van der Waals surface area (Å²) in [7, 11) is 0. The minimum Gasteiger partial charge on any atom is -0.370 e. The van der Waals surface area contributed by atoms with Crippen molar-refractivity contribution in [3.8, 4) is 0 Å². The van der Waals surface area contributed by atoms with E-state index in [2.05, 4.69) is 15.6 Å². The number of hydrogen-bond donors (Lipinski definition) is 4. The molecular weight excluding hydrogens is 576 g/mol. The smallest absolute Gasteiger partial charge is 0.240 e. The van der Waals surface area contributed by atoms with Crippen molar-refractivity contribution in [2.45, 2.75) is 78.4 Å². The van der Waals surface area contributed by atoms with Crippen molar-refractivity contribution < 1.29 is 35.4 Å². The molecule has 1 heterocycles. The first kappa shape index (κ1) is 28.1.